The first-order valence-corrected chi connectivity index (χ1v) is 10.6. The molecule has 3 aromatic rings. The molecule has 1 aliphatic rings. The molecule has 2 aromatic heterocycles. The van der Waals surface area contributed by atoms with E-state index in [-0.39, 0.29) is 5.78 Å². The Bertz CT molecular complexity index is 857. The zero-order valence-corrected chi connectivity index (χ0v) is 15.6. The van der Waals surface area contributed by atoms with Gasteiger partial charge in [0, 0.05) is 45.2 Å². The van der Waals surface area contributed by atoms with Gasteiger partial charge in [-0.15, -0.1) is 34.4 Å². The Morgan fingerprint density at radius 2 is 2.21 bits per heavy atom. The van der Waals surface area contributed by atoms with Crippen LogP contribution in [0.5, 0.6) is 0 Å². The summed E-state index contributed by atoms with van der Waals surface area (Å²) in [5.74, 6) is 1.46. The second-order valence-corrected chi connectivity index (χ2v) is 8.64. The van der Waals surface area contributed by atoms with E-state index in [9.17, 15) is 4.79 Å². The van der Waals surface area contributed by atoms with Gasteiger partial charge in [-0.05, 0) is 24.0 Å². The van der Waals surface area contributed by atoms with Gasteiger partial charge < -0.3 is 0 Å². The van der Waals surface area contributed by atoms with Crippen molar-refractivity contribution in [1.82, 2.24) is 9.97 Å². The summed E-state index contributed by atoms with van der Waals surface area (Å²) in [6.45, 7) is 2.15. The van der Waals surface area contributed by atoms with Gasteiger partial charge in [-0.2, -0.15) is 0 Å². The molecule has 1 atom stereocenters. The number of nitrogens with zero attached hydrogens (tertiary/aromatic N) is 2. The van der Waals surface area contributed by atoms with Crippen molar-refractivity contribution in [3.8, 4) is 10.6 Å². The van der Waals surface area contributed by atoms with Gasteiger partial charge in [0.2, 0.25) is 0 Å². The molecule has 3 nitrogen and oxygen atoms in total. The lowest BCUT2D eigenvalue weighted by Crippen LogP contribution is -2.19. The molecule has 0 fully saturated rings. The van der Waals surface area contributed by atoms with Crippen LogP contribution >= 0.6 is 34.4 Å². The molecule has 0 saturated heterocycles. The monoisotopic (exact) mass is 372 g/mol. The van der Waals surface area contributed by atoms with Crippen LogP contribution in [0.3, 0.4) is 0 Å². The highest BCUT2D eigenvalue weighted by molar-refractivity contribution is 7.98. The maximum atomic E-state index is 12.8. The lowest BCUT2D eigenvalue weighted by Gasteiger charge is -2.24. The molecule has 24 heavy (non-hydrogen) atoms. The summed E-state index contributed by atoms with van der Waals surface area (Å²) in [4.78, 5) is 22.6. The molecule has 0 radical (unpaired) electrons. The quantitative estimate of drug-likeness (QED) is 0.581. The molecule has 6 heteroatoms. The summed E-state index contributed by atoms with van der Waals surface area (Å²) in [7, 11) is 0. The second kappa shape index (κ2) is 6.78. The molecular formula is C18H16N2OS3. The molecule has 4 rings (SSSR count). The smallest absolute Gasteiger partial charge is 0.164 e. The average Bonchev–Trinajstić information content (AvgIpc) is 3.26. The van der Waals surface area contributed by atoms with Gasteiger partial charge >= 0.3 is 0 Å². The van der Waals surface area contributed by atoms with E-state index in [0.29, 0.717) is 12.3 Å². The molecule has 1 unspecified atom stereocenters. The van der Waals surface area contributed by atoms with E-state index in [1.165, 1.54) is 5.56 Å². The van der Waals surface area contributed by atoms with Crippen LogP contribution in [-0.4, -0.2) is 15.8 Å². The van der Waals surface area contributed by atoms with E-state index in [1.807, 2.05) is 17.1 Å². The highest BCUT2D eigenvalue weighted by Crippen LogP contribution is 2.40. The molecule has 1 aromatic carbocycles. The molecule has 122 valence electrons. The number of thiazole rings is 2. The molecule has 2 heterocycles. The van der Waals surface area contributed by atoms with Crippen LogP contribution in [0, 0.1) is 5.92 Å². The van der Waals surface area contributed by atoms with Crippen molar-refractivity contribution in [3.63, 3.8) is 0 Å². The van der Waals surface area contributed by atoms with Crippen molar-refractivity contribution in [3.05, 3.63) is 51.4 Å². The predicted molar refractivity (Wildman–Crippen MR) is 101 cm³/mol. The van der Waals surface area contributed by atoms with Gasteiger partial charge in [0.05, 0.1) is 11.2 Å². The zero-order chi connectivity index (χ0) is 16.5. The highest BCUT2D eigenvalue weighted by Gasteiger charge is 2.28. The Morgan fingerprint density at radius 1 is 1.29 bits per heavy atom. The van der Waals surface area contributed by atoms with Gasteiger partial charge in [-0.3, -0.25) is 4.79 Å². The summed E-state index contributed by atoms with van der Waals surface area (Å²) in [5.41, 5.74) is 6.14. The lowest BCUT2D eigenvalue weighted by atomic mass is 9.82. The van der Waals surface area contributed by atoms with Crippen molar-refractivity contribution in [1.29, 1.82) is 0 Å². The molecule has 0 spiro atoms. The number of carbonyl (C=O) groups is 1. The number of thioether (sulfide) groups is 1. The van der Waals surface area contributed by atoms with E-state index >= 15 is 0 Å². The van der Waals surface area contributed by atoms with Crippen molar-refractivity contribution < 1.29 is 4.79 Å². The minimum absolute atomic E-state index is 0.267. The number of fused-ring (bicyclic) bond motifs is 1. The number of aromatic nitrogens is 2. The Labute approximate surface area is 153 Å². The molecule has 0 bridgehead atoms. The number of hydrogen-bond acceptors (Lipinski definition) is 6. The Morgan fingerprint density at radius 3 is 2.96 bits per heavy atom. The third-order valence-corrected chi connectivity index (χ3v) is 6.69. The molecule has 0 amide bonds. The van der Waals surface area contributed by atoms with Gasteiger partial charge in [0.1, 0.15) is 5.01 Å². The van der Waals surface area contributed by atoms with E-state index < -0.39 is 0 Å². The van der Waals surface area contributed by atoms with Gasteiger partial charge in [-0.25, -0.2) is 9.97 Å². The molecule has 0 saturated carbocycles. The van der Waals surface area contributed by atoms with Crippen LogP contribution in [0.15, 0.2) is 39.5 Å². The second-order valence-electron chi connectivity index (χ2n) is 6.01. The number of Topliss-reactive ketones (excluding diaryl/α,β-unsaturated/α-hetero) is 1. The number of benzene rings is 1. The van der Waals surface area contributed by atoms with Crippen molar-refractivity contribution in [2.45, 2.75) is 30.4 Å². The normalized spacial score (nSPS) is 17.0. The first kappa shape index (κ1) is 16.0. The van der Waals surface area contributed by atoms with E-state index in [4.69, 9.17) is 0 Å². The highest BCUT2D eigenvalue weighted by atomic mass is 32.2. The fraction of sp³-hybridized carbons (Fsp3) is 0.278. The minimum Gasteiger partial charge on any atom is -0.294 e. The first-order valence-electron chi connectivity index (χ1n) is 7.81. The third kappa shape index (κ3) is 3.06. The van der Waals surface area contributed by atoms with Crippen LogP contribution in [-0.2, 0) is 12.2 Å². The van der Waals surface area contributed by atoms with Crippen LogP contribution in [0.1, 0.15) is 35.0 Å². The minimum atomic E-state index is 0.267. The average molecular weight is 373 g/mol. The third-order valence-electron chi connectivity index (χ3n) is 4.16. The Hall–Kier alpha value is -1.50. The number of ketones is 1. The molecule has 1 aliphatic carbocycles. The fourth-order valence-corrected chi connectivity index (χ4v) is 5.48. The lowest BCUT2D eigenvalue weighted by molar-refractivity contribution is 0.0950. The number of carbonyl (C=O) groups excluding carboxylic acids is 1. The van der Waals surface area contributed by atoms with Gasteiger partial charge in [0.15, 0.2) is 5.78 Å². The largest absolute Gasteiger partial charge is 0.294 e. The van der Waals surface area contributed by atoms with Crippen molar-refractivity contribution in [2.24, 2.45) is 5.92 Å². The van der Waals surface area contributed by atoms with E-state index in [0.717, 1.165) is 38.9 Å². The summed E-state index contributed by atoms with van der Waals surface area (Å²) >= 11 is 4.95. The predicted octanol–water partition coefficient (Wildman–Crippen LogP) is 5.32. The standard InChI is InChI=1S/C18H16N2OS3/c1-11-6-14-13(18-19-4-5-23-18)2-3-16(17(14)15(21)7-11)24-9-12-8-22-10-20-12/h2-5,8,10-11H,6-7,9H2,1H3. The van der Waals surface area contributed by atoms with Crippen LogP contribution < -0.4 is 0 Å². The maximum absolute atomic E-state index is 12.8. The zero-order valence-electron chi connectivity index (χ0n) is 13.2. The Balaban J connectivity index is 1.75. The maximum Gasteiger partial charge on any atom is 0.164 e. The molecular weight excluding hydrogens is 356 g/mol. The van der Waals surface area contributed by atoms with E-state index in [2.05, 4.69) is 34.4 Å². The van der Waals surface area contributed by atoms with Crippen LogP contribution in [0.4, 0.5) is 0 Å². The molecule has 0 aliphatic heterocycles. The van der Waals surface area contributed by atoms with Crippen molar-refractivity contribution in [2.75, 3.05) is 0 Å². The van der Waals surface area contributed by atoms with Gasteiger partial charge in [0.25, 0.3) is 0 Å². The summed E-state index contributed by atoms with van der Waals surface area (Å²) in [6, 6.07) is 4.22. The fourth-order valence-electron chi connectivity index (χ4n) is 3.12. The SMILES string of the molecule is CC1CC(=O)c2c(SCc3cscn3)ccc(-c3nccs3)c2C1. The first-order chi connectivity index (χ1) is 11.7. The summed E-state index contributed by atoms with van der Waals surface area (Å²) < 4.78 is 0. The summed E-state index contributed by atoms with van der Waals surface area (Å²) in [6.07, 6.45) is 3.41. The number of hydrogen-bond donors (Lipinski definition) is 0. The van der Waals surface area contributed by atoms with Crippen LogP contribution in [0.25, 0.3) is 10.6 Å². The number of rotatable bonds is 4. The molecule has 0 N–H and O–H groups in total. The van der Waals surface area contributed by atoms with Crippen molar-refractivity contribution >= 4 is 40.2 Å². The topological polar surface area (TPSA) is 42.9 Å². The summed E-state index contributed by atoms with van der Waals surface area (Å²) in [5, 5.41) is 5.05. The van der Waals surface area contributed by atoms with Crippen LogP contribution in [0.2, 0.25) is 0 Å². The van der Waals surface area contributed by atoms with E-state index in [1.54, 1.807) is 34.4 Å². The Kier molecular flexibility index (Phi) is 4.52. The van der Waals surface area contributed by atoms with Gasteiger partial charge in [-0.1, -0.05) is 13.0 Å².